The summed E-state index contributed by atoms with van der Waals surface area (Å²) < 4.78 is 5.28. The molecule has 21 heavy (non-hydrogen) atoms. The highest BCUT2D eigenvalue weighted by atomic mass is 35.5. The van der Waals surface area contributed by atoms with Gasteiger partial charge in [0.25, 0.3) is 0 Å². The van der Waals surface area contributed by atoms with Crippen molar-refractivity contribution in [2.75, 3.05) is 45.9 Å². The van der Waals surface area contributed by atoms with E-state index in [4.69, 9.17) is 16.3 Å². The second-order valence-electron chi connectivity index (χ2n) is 5.03. The lowest BCUT2D eigenvalue weighted by Gasteiger charge is -2.26. The third-order valence-corrected chi connectivity index (χ3v) is 3.63. The van der Waals surface area contributed by atoms with Crippen LogP contribution < -0.4 is 10.6 Å². The van der Waals surface area contributed by atoms with Crippen molar-refractivity contribution in [1.29, 1.82) is 0 Å². The maximum Gasteiger partial charge on any atom is 0.234 e. The van der Waals surface area contributed by atoms with E-state index in [1.54, 1.807) is 0 Å². The van der Waals surface area contributed by atoms with Crippen LogP contribution in [-0.4, -0.2) is 56.7 Å². The number of rotatable bonds is 7. The average molecular weight is 312 g/mol. The molecule has 0 aliphatic carbocycles. The van der Waals surface area contributed by atoms with Crippen molar-refractivity contribution in [2.45, 2.75) is 6.54 Å². The van der Waals surface area contributed by atoms with Gasteiger partial charge in [-0.2, -0.15) is 0 Å². The van der Waals surface area contributed by atoms with Crippen molar-refractivity contribution in [3.63, 3.8) is 0 Å². The fourth-order valence-corrected chi connectivity index (χ4v) is 2.29. The Morgan fingerprint density at radius 3 is 2.67 bits per heavy atom. The molecule has 0 unspecified atom stereocenters. The van der Waals surface area contributed by atoms with Crippen LogP contribution in [0.15, 0.2) is 24.3 Å². The summed E-state index contributed by atoms with van der Waals surface area (Å²) in [5.41, 5.74) is 1.11. The number of nitrogens with one attached hydrogen (secondary N) is 2. The molecule has 0 atom stereocenters. The van der Waals surface area contributed by atoms with Gasteiger partial charge in [-0.15, -0.1) is 0 Å². The molecule has 1 saturated heterocycles. The van der Waals surface area contributed by atoms with Crippen LogP contribution in [-0.2, 0) is 16.1 Å². The Kier molecular flexibility index (Phi) is 6.95. The fraction of sp³-hybridized carbons (Fsp3) is 0.533. The van der Waals surface area contributed by atoms with Gasteiger partial charge < -0.3 is 15.4 Å². The summed E-state index contributed by atoms with van der Waals surface area (Å²) >= 11 is 5.82. The molecule has 2 rings (SSSR count). The number of ether oxygens (including phenoxy) is 1. The Hall–Kier alpha value is -1.14. The van der Waals surface area contributed by atoms with E-state index in [0.29, 0.717) is 19.6 Å². The fourth-order valence-electron chi connectivity index (χ4n) is 2.16. The van der Waals surface area contributed by atoms with Crippen molar-refractivity contribution in [1.82, 2.24) is 15.5 Å². The van der Waals surface area contributed by atoms with E-state index in [1.807, 2.05) is 24.3 Å². The molecule has 6 heteroatoms. The van der Waals surface area contributed by atoms with Crippen LogP contribution in [0.25, 0.3) is 0 Å². The van der Waals surface area contributed by atoms with Crippen LogP contribution in [0, 0.1) is 0 Å². The van der Waals surface area contributed by atoms with Crippen molar-refractivity contribution < 1.29 is 9.53 Å². The largest absolute Gasteiger partial charge is 0.379 e. The lowest BCUT2D eigenvalue weighted by atomic mass is 10.2. The van der Waals surface area contributed by atoms with Crippen LogP contribution in [0.3, 0.4) is 0 Å². The van der Waals surface area contributed by atoms with Gasteiger partial charge in [0.15, 0.2) is 0 Å². The number of halogens is 1. The van der Waals surface area contributed by atoms with Crippen LogP contribution in [0.5, 0.6) is 0 Å². The molecule has 2 N–H and O–H groups in total. The zero-order chi connectivity index (χ0) is 14.9. The number of nitrogens with zero attached hydrogens (tertiary/aromatic N) is 1. The first-order valence-corrected chi connectivity index (χ1v) is 7.64. The number of carbonyl (C=O) groups excluding carboxylic acids is 1. The van der Waals surface area contributed by atoms with Gasteiger partial charge in [-0.1, -0.05) is 23.7 Å². The van der Waals surface area contributed by atoms with Crippen molar-refractivity contribution in [3.8, 4) is 0 Å². The van der Waals surface area contributed by atoms with Gasteiger partial charge in [-0.3, -0.25) is 9.69 Å². The summed E-state index contributed by atoms with van der Waals surface area (Å²) in [7, 11) is 0. The molecule has 0 spiro atoms. The average Bonchev–Trinajstić information content (AvgIpc) is 2.50. The highest BCUT2D eigenvalue weighted by Gasteiger charge is 2.09. The van der Waals surface area contributed by atoms with Crippen LogP contribution in [0.2, 0.25) is 5.02 Å². The smallest absolute Gasteiger partial charge is 0.234 e. The highest BCUT2D eigenvalue weighted by molar-refractivity contribution is 6.30. The molecule has 116 valence electrons. The number of morpholine rings is 1. The zero-order valence-electron chi connectivity index (χ0n) is 12.1. The molecule has 5 nitrogen and oxygen atoms in total. The Morgan fingerprint density at radius 1 is 1.24 bits per heavy atom. The molecule has 1 fully saturated rings. The quantitative estimate of drug-likeness (QED) is 0.785. The third-order valence-electron chi connectivity index (χ3n) is 3.38. The minimum absolute atomic E-state index is 0.0252. The number of hydrogen-bond acceptors (Lipinski definition) is 4. The lowest BCUT2D eigenvalue weighted by molar-refractivity contribution is -0.120. The number of carbonyl (C=O) groups is 1. The summed E-state index contributed by atoms with van der Waals surface area (Å²) in [5, 5.41) is 6.76. The minimum atomic E-state index is 0.0252. The van der Waals surface area contributed by atoms with Gasteiger partial charge in [0, 0.05) is 37.7 Å². The molecular weight excluding hydrogens is 290 g/mol. The Bertz CT molecular complexity index is 433. The first-order chi connectivity index (χ1) is 10.2. The monoisotopic (exact) mass is 311 g/mol. The van der Waals surface area contributed by atoms with Crippen LogP contribution >= 0.6 is 11.6 Å². The van der Waals surface area contributed by atoms with Gasteiger partial charge in [0.05, 0.1) is 19.8 Å². The summed E-state index contributed by atoms with van der Waals surface area (Å²) in [6.07, 6.45) is 0. The molecule has 0 bridgehead atoms. The molecule has 1 aromatic carbocycles. The summed E-state index contributed by atoms with van der Waals surface area (Å²) in [5.74, 6) is 0.0252. The predicted molar refractivity (Wildman–Crippen MR) is 83.4 cm³/mol. The van der Waals surface area contributed by atoms with Gasteiger partial charge >= 0.3 is 0 Å². The molecule has 0 aromatic heterocycles. The van der Waals surface area contributed by atoms with Gasteiger partial charge in [-0.25, -0.2) is 0 Å². The molecule has 1 amide bonds. The third kappa shape index (κ3) is 6.44. The van der Waals surface area contributed by atoms with Crippen molar-refractivity contribution in [3.05, 3.63) is 34.9 Å². The normalized spacial score (nSPS) is 15.9. The minimum Gasteiger partial charge on any atom is -0.379 e. The molecule has 0 saturated carbocycles. The first-order valence-electron chi connectivity index (χ1n) is 7.26. The van der Waals surface area contributed by atoms with E-state index < -0.39 is 0 Å². The SMILES string of the molecule is O=C(CNCc1ccc(Cl)cc1)NCCN1CCOCC1. The van der Waals surface area contributed by atoms with E-state index in [0.717, 1.165) is 43.4 Å². The lowest BCUT2D eigenvalue weighted by Crippen LogP contribution is -2.42. The van der Waals surface area contributed by atoms with Gasteiger partial charge in [-0.05, 0) is 17.7 Å². The summed E-state index contributed by atoms with van der Waals surface area (Å²) in [6, 6.07) is 7.60. The number of amides is 1. The molecule has 1 aliphatic rings. The Balaban J connectivity index is 1.54. The predicted octanol–water partition coefficient (Wildman–Crippen LogP) is 0.878. The maximum atomic E-state index is 11.7. The first kappa shape index (κ1) is 16.2. The van der Waals surface area contributed by atoms with E-state index in [-0.39, 0.29) is 5.91 Å². The van der Waals surface area contributed by atoms with Gasteiger partial charge in [0.2, 0.25) is 5.91 Å². The summed E-state index contributed by atoms with van der Waals surface area (Å²) in [4.78, 5) is 14.0. The van der Waals surface area contributed by atoms with Crippen molar-refractivity contribution in [2.24, 2.45) is 0 Å². The molecule has 1 aromatic rings. The Morgan fingerprint density at radius 2 is 1.95 bits per heavy atom. The standard InChI is InChI=1S/C15H22ClN3O2/c16-14-3-1-13(2-4-14)11-17-12-15(20)18-5-6-19-7-9-21-10-8-19/h1-4,17H,5-12H2,(H,18,20). The Labute approximate surface area is 130 Å². The van der Waals surface area contributed by atoms with E-state index in [9.17, 15) is 4.79 Å². The number of hydrogen-bond donors (Lipinski definition) is 2. The topological polar surface area (TPSA) is 53.6 Å². The molecule has 0 radical (unpaired) electrons. The molecule has 1 heterocycles. The second kappa shape index (κ2) is 9.00. The molecular formula is C15H22ClN3O2. The van der Waals surface area contributed by atoms with Crippen LogP contribution in [0.1, 0.15) is 5.56 Å². The number of benzene rings is 1. The van der Waals surface area contributed by atoms with E-state index in [2.05, 4.69) is 15.5 Å². The van der Waals surface area contributed by atoms with E-state index >= 15 is 0 Å². The highest BCUT2D eigenvalue weighted by Crippen LogP contribution is 2.08. The molecule has 1 aliphatic heterocycles. The maximum absolute atomic E-state index is 11.7. The van der Waals surface area contributed by atoms with Crippen molar-refractivity contribution >= 4 is 17.5 Å². The van der Waals surface area contributed by atoms with E-state index in [1.165, 1.54) is 0 Å². The van der Waals surface area contributed by atoms with Gasteiger partial charge in [0.1, 0.15) is 0 Å². The van der Waals surface area contributed by atoms with Crippen LogP contribution in [0.4, 0.5) is 0 Å². The summed E-state index contributed by atoms with van der Waals surface area (Å²) in [6.45, 7) is 6.02. The zero-order valence-corrected chi connectivity index (χ0v) is 12.9. The second-order valence-corrected chi connectivity index (χ2v) is 5.47.